The topological polar surface area (TPSA) is 46.6 Å². The number of carbonyl (C=O) groups is 2. The second kappa shape index (κ2) is 4.44. The van der Waals surface area contributed by atoms with E-state index in [4.69, 9.17) is 4.74 Å². The molecule has 0 radical (unpaired) electrons. The Balaban J connectivity index is 2.54. The van der Waals surface area contributed by atoms with Gasteiger partial charge in [0, 0.05) is 19.0 Å². The molecule has 0 aromatic rings. The molecule has 80 valence electrons. The molecule has 0 bridgehead atoms. The van der Waals surface area contributed by atoms with Gasteiger partial charge in [0.25, 0.3) is 0 Å². The van der Waals surface area contributed by atoms with Crippen molar-refractivity contribution >= 4 is 11.9 Å². The number of amides is 1. The Bertz CT molecular complexity index is 238. The fraction of sp³-hybridized carbons (Fsp3) is 0.800. The molecule has 1 fully saturated rings. The van der Waals surface area contributed by atoms with E-state index in [0.717, 1.165) is 0 Å². The van der Waals surface area contributed by atoms with Crippen LogP contribution in [0.3, 0.4) is 0 Å². The molecule has 1 aliphatic rings. The summed E-state index contributed by atoms with van der Waals surface area (Å²) in [5.74, 6) is -0.452. The minimum absolute atomic E-state index is 0.0538. The Morgan fingerprint density at radius 2 is 2.29 bits per heavy atom. The van der Waals surface area contributed by atoms with Gasteiger partial charge in [0.1, 0.15) is 0 Å². The number of rotatable bonds is 3. The van der Waals surface area contributed by atoms with E-state index < -0.39 is 0 Å². The molecule has 1 atom stereocenters. The highest BCUT2D eigenvalue weighted by molar-refractivity contribution is 5.86. The van der Waals surface area contributed by atoms with E-state index in [9.17, 15) is 9.59 Å². The maximum absolute atomic E-state index is 11.5. The van der Waals surface area contributed by atoms with Crippen LogP contribution in [0.15, 0.2) is 0 Å². The Hall–Kier alpha value is -1.06. The van der Waals surface area contributed by atoms with Crippen LogP contribution >= 0.6 is 0 Å². The number of hydrogen-bond donors (Lipinski definition) is 0. The summed E-state index contributed by atoms with van der Waals surface area (Å²) in [6.45, 7) is 6.56. The number of likely N-dealkylation sites (tertiary alicyclic amines) is 1. The van der Waals surface area contributed by atoms with Gasteiger partial charge < -0.3 is 9.64 Å². The summed E-state index contributed by atoms with van der Waals surface area (Å²) in [6, 6.07) is 0.168. The average molecular weight is 199 g/mol. The molecule has 1 saturated heterocycles. The molecular weight excluding hydrogens is 182 g/mol. The van der Waals surface area contributed by atoms with Crippen molar-refractivity contribution in [3.05, 3.63) is 0 Å². The van der Waals surface area contributed by atoms with Crippen molar-refractivity contribution in [2.75, 3.05) is 13.2 Å². The largest absolute Gasteiger partial charge is 0.466 e. The zero-order valence-corrected chi connectivity index (χ0v) is 8.95. The Morgan fingerprint density at radius 1 is 1.64 bits per heavy atom. The van der Waals surface area contributed by atoms with Gasteiger partial charge in [-0.05, 0) is 20.8 Å². The number of esters is 1. The fourth-order valence-corrected chi connectivity index (χ4v) is 1.65. The van der Waals surface area contributed by atoms with Gasteiger partial charge >= 0.3 is 5.97 Å². The second-order valence-electron chi connectivity index (χ2n) is 3.79. The summed E-state index contributed by atoms with van der Waals surface area (Å²) < 4.78 is 4.88. The highest BCUT2D eigenvalue weighted by Crippen LogP contribution is 2.20. The number of carbonyl (C=O) groups excluding carboxylic acids is 2. The van der Waals surface area contributed by atoms with Crippen LogP contribution in [0.5, 0.6) is 0 Å². The molecule has 0 aromatic carbocycles. The molecule has 1 amide bonds. The summed E-state index contributed by atoms with van der Waals surface area (Å²) in [5.41, 5.74) is 0. The van der Waals surface area contributed by atoms with Gasteiger partial charge in [0.05, 0.1) is 12.5 Å². The highest BCUT2D eigenvalue weighted by atomic mass is 16.5. The van der Waals surface area contributed by atoms with Gasteiger partial charge in [-0.25, -0.2) is 0 Å². The summed E-state index contributed by atoms with van der Waals surface area (Å²) in [4.78, 5) is 24.5. The molecule has 1 unspecified atom stereocenters. The van der Waals surface area contributed by atoms with Crippen molar-refractivity contribution in [2.24, 2.45) is 5.92 Å². The standard InChI is InChI=1S/C10H17NO3/c1-4-14-10(13)8-5-9(12)11(6-8)7(2)3/h7-8H,4-6H2,1-3H3. The van der Waals surface area contributed by atoms with Crippen LogP contribution in [0, 0.1) is 5.92 Å². The van der Waals surface area contributed by atoms with Gasteiger partial charge in [0.15, 0.2) is 0 Å². The van der Waals surface area contributed by atoms with Gasteiger partial charge in [-0.3, -0.25) is 9.59 Å². The van der Waals surface area contributed by atoms with Crippen LogP contribution in [0.2, 0.25) is 0 Å². The quantitative estimate of drug-likeness (QED) is 0.632. The highest BCUT2D eigenvalue weighted by Gasteiger charge is 2.36. The first kappa shape index (κ1) is 11.0. The van der Waals surface area contributed by atoms with Gasteiger partial charge in [-0.2, -0.15) is 0 Å². The van der Waals surface area contributed by atoms with E-state index >= 15 is 0 Å². The molecule has 1 rings (SSSR count). The normalized spacial score (nSPS) is 21.9. The molecule has 1 aliphatic heterocycles. The lowest BCUT2D eigenvalue weighted by Gasteiger charge is -2.20. The van der Waals surface area contributed by atoms with Crippen LogP contribution < -0.4 is 0 Å². The maximum Gasteiger partial charge on any atom is 0.311 e. The Labute approximate surface area is 84.2 Å². The van der Waals surface area contributed by atoms with Gasteiger partial charge in [0.2, 0.25) is 5.91 Å². The van der Waals surface area contributed by atoms with Gasteiger partial charge in [-0.15, -0.1) is 0 Å². The van der Waals surface area contributed by atoms with E-state index in [1.54, 1.807) is 11.8 Å². The average Bonchev–Trinajstić information content (AvgIpc) is 2.48. The molecule has 0 spiro atoms. The van der Waals surface area contributed by atoms with Crippen molar-refractivity contribution in [1.29, 1.82) is 0 Å². The predicted octanol–water partition coefficient (Wildman–Crippen LogP) is 0.806. The van der Waals surface area contributed by atoms with Crippen molar-refractivity contribution in [3.8, 4) is 0 Å². The molecule has 0 N–H and O–H groups in total. The summed E-state index contributed by atoms with van der Waals surface area (Å²) in [6.07, 6.45) is 0.303. The van der Waals surface area contributed by atoms with E-state index in [1.807, 2.05) is 13.8 Å². The smallest absolute Gasteiger partial charge is 0.311 e. The minimum atomic E-state index is -0.259. The summed E-state index contributed by atoms with van der Waals surface area (Å²) in [7, 11) is 0. The van der Waals surface area contributed by atoms with Crippen molar-refractivity contribution < 1.29 is 14.3 Å². The lowest BCUT2D eigenvalue weighted by molar-refractivity contribution is -0.147. The van der Waals surface area contributed by atoms with Crippen LogP contribution in [-0.2, 0) is 14.3 Å². The van der Waals surface area contributed by atoms with Crippen LogP contribution in [0.1, 0.15) is 27.2 Å². The number of hydrogen-bond acceptors (Lipinski definition) is 3. The zero-order valence-electron chi connectivity index (χ0n) is 8.95. The lowest BCUT2D eigenvalue weighted by atomic mass is 10.1. The molecule has 0 aromatic heterocycles. The molecular formula is C10H17NO3. The third-order valence-electron chi connectivity index (χ3n) is 2.40. The summed E-state index contributed by atoms with van der Waals surface area (Å²) in [5, 5.41) is 0. The second-order valence-corrected chi connectivity index (χ2v) is 3.79. The van der Waals surface area contributed by atoms with Crippen molar-refractivity contribution in [1.82, 2.24) is 4.90 Å². The van der Waals surface area contributed by atoms with E-state index in [2.05, 4.69) is 0 Å². The lowest BCUT2D eigenvalue weighted by Crippen LogP contribution is -2.33. The predicted molar refractivity (Wildman–Crippen MR) is 51.6 cm³/mol. The van der Waals surface area contributed by atoms with Gasteiger partial charge in [-0.1, -0.05) is 0 Å². The van der Waals surface area contributed by atoms with Crippen LogP contribution in [-0.4, -0.2) is 36.0 Å². The van der Waals surface area contributed by atoms with E-state index in [0.29, 0.717) is 19.6 Å². The summed E-state index contributed by atoms with van der Waals surface area (Å²) >= 11 is 0. The monoisotopic (exact) mass is 199 g/mol. The molecule has 1 heterocycles. The van der Waals surface area contributed by atoms with E-state index in [1.165, 1.54) is 0 Å². The number of nitrogens with zero attached hydrogens (tertiary/aromatic N) is 1. The van der Waals surface area contributed by atoms with E-state index in [-0.39, 0.29) is 23.8 Å². The third-order valence-corrected chi connectivity index (χ3v) is 2.40. The molecule has 4 nitrogen and oxygen atoms in total. The van der Waals surface area contributed by atoms with Crippen LogP contribution in [0.4, 0.5) is 0 Å². The molecule has 4 heteroatoms. The van der Waals surface area contributed by atoms with Crippen molar-refractivity contribution in [2.45, 2.75) is 33.2 Å². The minimum Gasteiger partial charge on any atom is -0.466 e. The fourth-order valence-electron chi connectivity index (χ4n) is 1.65. The molecule has 0 aliphatic carbocycles. The third kappa shape index (κ3) is 2.25. The first-order valence-corrected chi connectivity index (χ1v) is 5.02. The number of ether oxygens (including phenoxy) is 1. The molecule has 14 heavy (non-hydrogen) atoms. The van der Waals surface area contributed by atoms with Crippen LogP contribution in [0.25, 0.3) is 0 Å². The Kier molecular flexibility index (Phi) is 3.49. The Morgan fingerprint density at radius 3 is 2.71 bits per heavy atom. The first-order chi connectivity index (χ1) is 6.56. The SMILES string of the molecule is CCOC(=O)C1CC(=O)N(C(C)C)C1. The maximum atomic E-state index is 11.5. The first-order valence-electron chi connectivity index (χ1n) is 5.02. The van der Waals surface area contributed by atoms with Crippen molar-refractivity contribution in [3.63, 3.8) is 0 Å². The molecule has 0 saturated carbocycles. The zero-order chi connectivity index (χ0) is 10.7.